The molecule has 1 heterocycles. The highest BCUT2D eigenvalue weighted by atomic mass is 15.3. The number of piperidine rings is 1. The lowest BCUT2D eigenvalue weighted by Crippen LogP contribution is -2.46. The van der Waals surface area contributed by atoms with E-state index in [2.05, 4.69) is 60.2 Å². The van der Waals surface area contributed by atoms with E-state index in [0.717, 1.165) is 13.1 Å². The molecule has 0 radical (unpaired) electrons. The van der Waals surface area contributed by atoms with Gasteiger partial charge in [-0.1, -0.05) is 30.3 Å². The Morgan fingerprint density at radius 3 is 2.50 bits per heavy atom. The number of nitrogens with zero attached hydrogens (tertiary/aromatic N) is 2. The first kappa shape index (κ1) is 16.8. The van der Waals surface area contributed by atoms with Crippen LogP contribution in [0.5, 0.6) is 0 Å². The van der Waals surface area contributed by atoms with E-state index in [1.54, 1.807) is 0 Å². The Morgan fingerprint density at radius 1 is 1.23 bits per heavy atom. The average Bonchev–Trinajstić information content (AvgIpc) is 2.54. The molecule has 4 heteroatoms. The van der Waals surface area contributed by atoms with Gasteiger partial charge in [-0.15, -0.1) is 0 Å². The lowest BCUT2D eigenvalue weighted by atomic mass is 10.0. The molecule has 22 heavy (non-hydrogen) atoms. The van der Waals surface area contributed by atoms with E-state index in [0.29, 0.717) is 18.5 Å². The Balaban J connectivity index is 1.89. The van der Waals surface area contributed by atoms with Crippen LogP contribution in [0.25, 0.3) is 0 Å². The van der Waals surface area contributed by atoms with Gasteiger partial charge in [0.1, 0.15) is 0 Å². The normalized spacial score (nSPS) is 18.3. The van der Waals surface area contributed by atoms with Crippen LogP contribution in [-0.4, -0.2) is 36.0 Å². The summed E-state index contributed by atoms with van der Waals surface area (Å²) in [5, 5.41) is 3.65. The van der Waals surface area contributed by atoms with Crippen molar-refractivity contribution in [2.24, 2.45) is 10.7 Å². The number of rotatable bonds is 5. The number of nitrogens with one attached hydrogen (secondary N) is 1. The summed E-state index contributed by atoms with van der Waals surface area (Å²) in [6.07, 6.45) is 3.76. The summed E-state index contributed by atoms with van der Waals surface area (Å²) in [6, 6.07) is 10.8. The van der Waals surface area contributed by atoms with E-state index in [-0.39, 0.29) is 5.54 Å². The predicted molar refractivity (Wildman–Crippen MR) is 94.0 cm³/mol. The number of benzene rings is 1. The number of hydrogen-bond acceptors (Lipinski definition) is 2. The second-order valence-corrected chi connectivity index (χ2v) is 6.88. The summed E-state index contributed by atoms with van der Waals surface area (Å²) in [7, 11) is 0. The molecule has 1 aliphatic rings. The van der Waals surface area contributed by atoms with E-state index in [1.165, 1.54) is 24.8 Å². The smallest absolute Gasteiger partial charge is 0.191 e. The van der Waals surface area contributed by atoms with Crippen molar-refractivity contribution in [1.29, 1.82) is 0 Å². The van der Waals surface area contributed by atoms with Gasteiger partial charge in [-0.25, -0.2) is 0 Å². The Morgan fingerprint density at radius 2 is 1.86 bits per heavy atom. The lowest BCUT2D eigenvalue weighted by Gasteiger charge is -2.31. The molecule has 1 atom stereocenters. The fraction of sp³-hybridized carbons (Fsp3) is 0.611. The highest BCUT2D eigenvalue weighted by molar-refractivity contribution is 5.78. The van der Waals surface area contributed by atoms with Gasteiger partial charge in [-0.2, -0.15) is 0 Å². The van der Waals surface area contributed by atoms with Gasteiger partial charge in [-0.05, 0) is 45.6 Å². The van der Waals surface area contributed by atoms with Gasteiger partial charge in [0, 0.05) is 24.7 Å². The van der Waals surface area contributed by atoms with Crippen molar-refractivity contribution in [1.82, 2.24) is 10.2 Å². The Labute approximate surface area is 134 Å². The first-order valence-electron chi connectivity index (χ1n) is 8.35. The first-order valence-corrected chi connectivity index (χ1v) is 8.35. The van der Waals surface area contributed by atoms with Crippen LogP contribution in [0.4, 0.5) is 0 Å². The second kappa shape index (κ2) is 7.63. The van der Waals surface area contributed by atoms with E-state index >= 15 is 0 Å². The van der Waals surface area contributed by atoms with Crippen LogP contribution in [0.1, 0.15) is 51.6 Å². The van der Waals surface area contributed by atoms with Crippen molar-refractivity contribution in [3.63, 3.8) is 0 Å². The fourth-order valence-electron chi connectivity index (χ4n) is 2.96. The Hall–Kier alpha value is -1.55. The average molecular weight is 302 g/mol. The molecule has 1 unspecified atom stereocenters. The van der Waals surface area contributed by atoms with Crippen LogP contribution in [-0.2, 0) is 0 Å². The predicted octanol–water partition coefficient (Wildman–Crippen LogP) is 2.92. The Bertz CT molecular complexity index is 475. The Kier molecular flexibility index (Phi) is 5.83. The summed E-state index contributed by atoms with van der Waals surface area (Å²) >= 11 is 0. The molecule has 4 nitrogen and oxygen atoms in total. The highest BCUT2D eigenvalue weighted by Gasteiger charge is 2.21. The van der Waals surface area contributed by atoms with Gasteiger partial charge >= 0.3 is 0 Å². The topological polar surface area (TPSA) is 53.6 Å². The third-order valence-electron chi connectivity index (χ3n) is 4.22. The summed E-state index contributed by atoms with van der Waals surface area (Å²) < 4.78 is 0. The molecule has 0 saturated carbocycles. The molecule has 0 aromatic heterocycles. The summed E-state index contributed by atoms with van der Waals surface area (Å²) in [6.45, 7) is 9.33. The van der Waals surface area contributed by atoms with Gasteiger partial charge in [-0.3, -0.25) is 4.99 Å². The van der Waals surface area contributed by atoms with Crippen molar-refractivity contribution >= 4 is 5.96 Å². The first-order chi connectivity index (χ1) is 10.5. The zero-order valence-corrected chi connectivity index (χ0v) is 14.2. The SMILES string of the molecule is CC(NC(C)(C)CN=C(N)N1CCCCC1)c1ccccc1. The molecule has 0 amide bonds. The van der Waals surface area contributed by atoms with Crippen molar-refractivity contribution in [2.45, 2.75) is 51.6 Å². The highest BCUT2D eigenvalue weighted by Crippen LogP contribution is 2.16. The van der Waals surface area contributed by atoms with Gasteiger partial charge in [0.15, 0.2) is 5.96 Å². The number of hydrogen-bond donors (Lipinski definition) is 2. The largest absolute Gasteiger partial charge is 0.370 e. The monoisotopic (exact) mass is 302 g/mol. The van der Waals surface area contributed by atoms with Crippen LogP contribution in [0.3, 0.4) is 0 Å². The van der Waals surface area contributed by atoms with Crippen LogP contribution in [0.2, 0.25) is 0 Å². The minimum atomic E-state index is -0.0876. The third kappa shape index (κ3) is 5.02. The molecule has 0 spiro atoms. The summed E-state index contributed by atoms with van der Waals surface area (Å²) in [4.78, 5) is 6.83. The number of likely N-dealkylation sites (tertiary alicyclic amines) is 1. The minimum absolute atomic E-state index is 0.0876. The summed E-state index contributed by atoms with van der Waals surface area (Å²) in [5.74, 6) is 0.696. The second-order valence-electron chi connectivity index (χ2n) is 6.88. The maximum atomic E-state index is 6.15. The number of guanidine groups is 1. The van der Waals surface area contributed by atoms with E-state index in [1.807, 2.05) is 6.07 Å². The molecule has 1 fully saturated rings. The molecule has 0 aliphatic carbocycles. The van der Waals surface area contributed by atoms with Gasteiger partial charge < -0.3 is 16.0 Å². The van der Waals surface area contributed by atoms with Crippen LogP contribution in [0, 0.1) is 0 Å². The molecule has 122 valence electrons. The van der Waals surface area contributed by atoms with Crippen molar-refractivity contribution in [2.75, 3.05) is 19.6 Å². The molecule has 1 aromatic rings. The molecule has 1 aliphatic heterocycles. The molecule has 2 rings (SSSR count). The maximum Gasteiger partial charge on any atom is 0.191 e. The van der Waals surface area contributed by atoms with Crippen molar-refractivity contribution < 1.29 is 0 Å². The molecule has 1 aromatic carbocycles. The van der Waals surface area contributed by atoms with Crippen LogP contribution >= 0.6 is 0 Å². The zero-order valence-electron chi connectivity index (χ0n) is 14.2. The fourth-order valence-corrected chi connectivity index (χ4v) is 2.96. The van der Waals surface area contributed by atoms with Crippen LogP contribution < -0.4 is 11.1 Å². The van der Waals surface area contributed by atoms with Crippen molar-refractivity contribution in [3.05, 3.63) is 35.9 Å². The van der Waals surface area contributed by atoms with Crippen molar-refractivity contribution in [3.8, 4) is 0 Å². The maximum absolute atomic E-state index is 6.15. The minimum Gasteiger partial charge on any atom is -0.370 e. The lowest BCUT2D eigenvalue weighted by molar-refractivity contribution is 0.330. The van der Waals surface area contributed by atoms with Gasteiger partial charge in [0.25, 0.3) is 0 Å². The van der Waals surface area contributed by atoms with E-state index in [9.17, 15) is 0 Å². The summed E-state index contributed by atoms with van der Waals surface area (Å²) in [5.41, 5.74) is 7.35. The van der Waals surface area contributed by atoms with Gasteiger partial charge in [0.05, 0.1) is 6.54 Å². The van der Waals surface area contributed by atoms with E-state index < -0.39 is 0 Å². The quantitative estimate of drug-likeness (QED) is 0.649. The van der Waals surface area contributed by atoms with E-state index in [4.69, 9.17) is 5.73 Å². The molecular formula is C18H30N4. The zero-order chi connectivity index (χ0) is 16.0. The molecule has 0 bridgehead atoms. The van der Waals surface area contributed by atoms with Crippen LogP contribution in [0.15, 0.2) is 35.3 Å². The van der Waals surface area contributed by atoms with Gasteiger partial charge in [0.2, 0.25) is 0 Å². The standard InChI is InChI=1S/C18H30N4/c1-15(16-10-6-4-7-11-16)21-18(2,3)14-20-17(19)22-12-8-5-9-13-22/h4,6-7,10-11,15,21H,5,8-9,12-14H2,1-3H3,(H2,19,20). The molecule has 3 N–H and O–H groups in total. The third-order valence-corrected chi connectivity index (χ3v) is 4.22. The number of aliphatic imine (C=N–C) groups is 1. The molecular weight excluding hydrogens is 272 g/mol. The molecule has 1 saturated heterocycles. The number of nitrogens with two attached hydrogens (primary N) is 1.